The van der Waals surface area contributed by atoms with Crippen LogP contribution in [0.3, 0.4) is 0 Å². The zero-order valence-electron chi connectivity index (χ0n) is 11.7. The molecule has 20 heavy (non-hydrogen) atoms. The Morgan fingerprint density at radius 1 is 1.40 bits per heavy atom. The molecule has 0 spiro atoms. The monoisotopic (exact) mass is 296 g/mol. The molecule has 0 aliphatic rings. The number of nitrogens with one attached hydrogen (secondary N) is 1. The van der Waals surface area contributed by atoms with Crippen LogP contribution in [0.4, 0.5) is 0 Å². The van der Waals surface area contributed by atoms with Gasteiger partial charge in [0.05, 0.1) is 17.4 Å². The highest BCUT2D eigenvalue weighted by Crippen LogP contribution is 2.11. The van der Waals surface area contributed by atoms with Crippen molar-refractivity contribution in [1.29, 1.82) is 0 Å². The van der Waals surface area contributed by atoms with E-state index in [1.165, 1.54) is 6.20 Å². The smallest absolute Gasteiger partial charge is 0.297 e. The molecule has 2 heterocycles. The Balaban J connectivity index is 2.64. The molecule has 1 N–H and O–H groups in total. The Labute approximate surface area is 121 Å². The van der Waals surface area contributed by atoms with E-state index in [1.54, 1.807) is 10.9 Å². The van der Waals surface area contributed by atoms with Crippen LogP contribution in [0.2, 0.25) is 5.15 Å². The van der Waals surface area contributed by atoms with Crippen LogP contribution in [0, 0.1) is 0 Å². The number of nitrogens with zero attached hydrogens (tertiary/aromatic N) is 3. The maximum Gasteiger partial charge on any atom is 0.334 e. The van der Waals surface area contributed by atoms with Gasteiger partial charge in [-0.2, -0.15) is 5.10 Å². The minimum Gasteiger partial charge on any atom is -0.297 e. The predicted molar refractivity (Wildman–Crippen MR) is 77.8 cm³/mol. The Kier molecular flexibility index (Phi) is 4.13. The summed E-state index contributed by atoms with van der Waals surface area (Å²) in [5, 5.41) is 4.26. The molecule has 0 amide bonds. The average molecular weight is 297 g/mol. The summed E-state index contributed by atoms with van der Waals surface area (Å²) in [6, 6.07) is 0.154. The third-order valence-corrected chi connectivity index (χ3v) is 3.34. The lowest BCUT2D eigenvalue weighted by atomic mass is 10.2. The van der Waals surface area contributed by atoms with Crippen molar-refractivity contribution in [1.82, 2.24) is 19.3 Å². The molecule has 6 nitrogen and oxygen atoms in total. The highest BCUT2D eigenvalue weighted by molar-refractivity contribution is 6.30. The van der Waals surface area contributed by atoms with Crippen molar-refractivity contribution in [3.8, 4) is 5.69 Å². The van der Waals surface area contributed by atoms with E-state index in [0.29, 0.717) is 17.7 Å². The van der Waals surface area contributed by atoms with Crippen molar-refractivity contribution in [2.45, 2.75) is 39.7 Å². The third-order valence-electron chi connectivity index (χ3n) is 3.02. The van der Waals surface area contributed by atoms with E-state index >= 15 is 0 Å². The fourth-order valence-corrected chi connectivity index (χ4v) is 2.23. The van der Waals surface area contributed by atoms with E-state index < -0.39 is 5.69 Å². The SMILES string of the molecule is CCCc1c(Cl)[nH]c(=O)n(-c2cnn(C(C)C)c2)c1=O. The molecule has 108 valence electrons. The summed E-state index contributed by atoms with van der Waals surface area (Å²) in [5.74, 6) is 0. The molecule has 0 fully saturated rings. The van der Waals surface area contributed by atoms with Gasteiger partial charge in [0.15, 0.2) is 0 Å². The van der Waals surface area contributed by atoms with Gasteiger partial charge in [-0.3, -0.25) is 14.5 Å². The Morgan fingerprint density at radius 2 is 2.10 bits per heavy atom. The number of aromatic amines is 1. The van der Waals surface area contributed by atoms with Crippen molar-refractivity contribution >= 4 is 11.6 Å². The van der Waals surface area contributed by atoms with Crippen LogP contribution in [0.15, 0.2) is 22.0 Å². The molecule has 0 atom stereocenters. The molecule has 7 heteroatoms. The predicted octanol–water partition coefficient (Wildman–Crippen LogP) is 1.91. The number of hydrogen-bond acceptors (Lipinski definition) is 3. The van der Waals surface area contributed by atoms with E-state index in [9.17, 15) is 9.59 Å². The van der Waals surface area contributed by atoms with Crippen molar-refractivity contribution in [2.24, 2.45) is 0 Å². The lowest BCUT2D eigenvalue weighted by molar-refractivity contribution is 0.532. The summed E-state index contributed by atoms with van der Waals surface area (Å²) in [5.41, 5.74) is -0.0721. The quantitative estimate of drug-likeness (QED) is 0.876. The van der Waals surface area contributed by atoms with Gasteiger partial charge in [-0.1, -0.05) is 24.9 Å². The molecule has 0 bridgehead atoms. The van der Waals surface area contributed by atoms with Crippen LogP contribution in [0.5, 0.6) is 0 Å². The fraction of sp³-hybridized carbons (Fsp3) is 0.462. The maximum atomic E-state index is 12.4. The lowest BCUT2D eigenvalue weighted by Crippen LogP contribution is -2.36. The molecule has 0 saturated carbocycles. The zero-order valence-corrected chi connectivity index (χ0v) is 12.4. The molecule has 0 aliphatic heterocycles. The van der Waals surface area contributed by atoms with Crippen LogP contribution in [0.25, 0.3) is 5.69 Å². The summed E-state index contributed by atoms with van der Waals surface area (Å²) in [6.45, 7) is 5.88. The summed E-state index contributed by atoms with van der Waals surface area (Å²) >= 11 is 5.94. The van der Waals surface area contributed by atoms with Crippen LogP contribution in [-0.2, 0) is 6.42 Å². The maximum absolute atomic E-state index is 12.4. The van der Waals surface area contributed by atoms with Crippen molar-refractivity contribution < 1.29 is 0 Å². The van der Waals surface area contributed by atoms with Crippen molar-refractivity contribution in [2.75, 3.05) is 0 Å². The first-order chi connectivity index (χ1) is 9.45. The first-order valence-corrected chi connectivity index (χ1v) is 6.91. The highest BCUT2D eigenvalue weighted by Gasteiger charge is 2.15. The highest BCUT2D eigenvalue weighted by atomic mass is 35.5. The van der Waals surface area contributed by atoms with E-state index in [4.69, 9.17) is 11.6 Å². The standard InChI is InChI=1S/C13H17ClN4O2/c1-4-5-10-11(14)16-13(20)18(12(10)19)9-6-15-17(7-9)8(2)3/h6-8H,4-5H2,1-3H3,(H,16,20). The second-order valence-electron chi connectivity index (χ2n) is 4.89. The first-order valence-electron chi connectivity index (χ1n) is 6.54. The molecule has 0 saturated heterocycles. The fourth-order valence-electron chi connectivity index (χ4n) is 1.97. The minimum atomic E-state index is -0.553. The van der Waals surface area contributed by atoms with Gasteiger partial charge < -0.3 is 0 Å². The van der Waals surface area contributed by atoms with E-state index in [-0.39, 0.29) is 16.8 Å². The Hall–Kier alpha value is -1.82. The molecule has 2 rings (SSSR count). The van der Waals surface area contributed by atoms with Crippen LogP contribution in [-0.4, -0.2) is 19.3 Å². The van der Waals surface area contributed by atoms with Gasteiger partial charge in [-0.25, -0.2) is 9.36 Å². The molecule has 0 radical (unpaired) electrons. The Morgan fingerprint density at radius 3 is 2.65 bits per heavy atom. The Bertz CT molecular complexity index is 727. The van der Waals surface area contributed by atoms with E-state index in [0.717, 1.165) is 11.0 Å². The molecule has 0 aliphatic carbocycles. The van der Waals surface area contributed by atoms with Gasteiger partial charge in [0.1, 0.15) is 5.15 Å². The molecule has 2 aromatic heterocycles. The molecule has 0 aromatic carbocycles. The lowest BCUT2D eigenvalue weighted by Gasteiger charge is -2.07. The van der Waals surface area contributed by atoms with Crippen molar-refractivity contribution in [3.63, 3.8) is 0 Å². The summed E-state index contributed by atoms with van der Waals surface area (Å²) in [4.78, 5) is 26.9. The normalized spacial score (nSPS) is 11.2. The summed E-state index contributed by atoms with van der Waals surface area (Å²) in [7, 11) is 0. The molecule has 0 unspecified atom stereocenters. The number of rotatable bonds is 4. The number of hydrogen-bond donors (Lipinski definition) is 1. The van der Waals surface area contributed by atoms with Gasteiger partial charge in [0.2, 0.25) is 0 Å². The summed E-state index contributed by atoms with van der Waals surface area (Å²) in [6.07, 6.45) is 4.46. The number of halogens is 1. The third kappa shape index (κ3) is 2.56. The average Bonchev–Trinajstić information content (AvgIpc) is 2.83. The van der Waals surface area contributed by atoms with E-state index in [1.807, 2.05) is 20.8 Å². The topological polar surface area (TPSA) is 72.7 Å². The number of H-pyrrole nitrogens is 1. The van der Waals surface area contributed by atoms with Crippen LogP contribution in [0.1, 0.15) is 38.8 Å². The van der Waals surface area contributed by atoms with Crippen LogP contribution < -0.4 is 11.2 Å². The zero-order chi connectivity index (χ0) is 14.9. The molecular formula is C13H17ClN4O2. The van der Waals surface area contributed by atoms with Gasteiger partial charge in [0.25, 0.3) is 5.56 Å². The summed E-state index contributed by atoms with van der Waals surface area (Å²) < 4.78 is 2.76. The van der Waals surface area contributed by atoms with Crippen LogP contribution >= 0.6 is 11.6 Å². The van der Waals surface area contributed by atoms with Crippen molar-refractivity contribution in [3.05, 3.63) is 43.9 Å². The second kappa shape index (κ2) is 5.66. The molecular weight excluding hydrogens is 280 g/mol. The van der Waals surface area contributed by atoms with Gasteiger partial charge >= 0.3 is 5.69 Å². The van der Waals surface area contributed by atoms with Gasteiger partial charge in [0, 0.05) is 12.2 Å². The largest absolute Gasteiger partial charge is 0.334 e. The minimum absolute atomic E-state index is 0.120. The van der Waals surface area contributed by atoms with Gasteiger partial charge in [-0.05, 0) is 20.3 Å². The second-order valence-corrected chi connectivity index (χ2v) is 5.26. The van der Waals surface area contributed by atoms with Gasteiger partial charge in [-0.15, -0.1) is 0 Å². The van der Waals surface area contributed by atoms with E-state index in [2.05, 4.69) is 10.1 Å². The molecule has 2 aromatic rings. The number of aromatic nitrogens is 4. The first kappa shape index (κ1) is 14.6.